The summed E-state index contributed by atoms with van der Waals surface area (Å²) < 4.78 is 5.28. The normalized spacial score (nSPS) is 10.2. The standard InChI is InChI=1S/C11H12N4O/c1-7-5-4-6-9(16-3)10(7)11-14-12-8(2)13-15-11/h4-6H,1-3H3. The molecule has 5 nitrogen and oxygen atoms in total. The summed E-state index contributed by atoms with van der Waals surface area (Å²) in [5.41, 5.74) is 1.87. The van der Waals surface area contributed by atoms with E-state index in [-0.39, 0.29) is 0 Å². The molecule has 5 heteroatoms. The number of methoxy groups -OCH3 is 1. The van der Waals surface area contributed by atoms with E-state index in [1.807, 2.05) is 25.1 Å². The van der Waals surface area contributed by atoms with E-state index in [0.29, 0.717) is 11.6 Å². The van der Waals surface area contributed by atoms with Crippen LogP contribution in [0.4, 0.5) is 0 Å². The number of hydrogen-bond acceptors (Lipinski definition) is 5. The van der Waals surface area contributed by atoms with Crippen LogP contribution in [-0.2, 0) is 0 Å². The van der Waals surface area contributed by atoms with Crippen molar-refractivity contribution < 1.29 is 4.74 Å². The van der Waals surface area contributed by atoms with Gasteiger partial charge in [-0.1, -0.05) is 12.1 Å². The minimum Gasteiger partial charge on any atom is -0.496 e. The summed E-state index contributed by atoms with van der Waals surface area (Å²) in [6.07, 6.45) is 0. The van der Waals surface area contributed by atoms with E-state index < -0.39 is 0 Å². The van der Waals surface area contributed by atoms with Gasteiger partial charge >= 0.3 is 0 Å². The first-order valence-electron chi connectivity index (χ1n) is 4.90. The third-order valence-electron chi connectivity index (χ3n) is 2.26. The molecule has 0 spiro atoms. The lowest BCUT2D eigenvalue weighted by molar-refractivity contribution is 0.415. The van der Waals surface area contributed by atoms with E-state index in [1.165, 1.54) is 0 Å². The zero-order chi connectivity index (χ0) is 11.5. The SMILES string of the molecule is COc1cccc(C)c1-c1nnc(C)nn1. The van der Waals surface area contributed by atoms with Crippen LogP contribution in [0.1, 0.15) is 11.4 Å². The third-order valence-corrected chi connectivity index (χ3v) is 2.26. The van der Waals surface area contributed by atoms with Crippen molar-refractivity contribution in [1.29, 1.82) is 0 Å². The van der Waals surface area contributed by atoms with Gasteiger partial charge in [0.15, 0.2) is 5.82 Å². The minimum absolute atomic E-state index is 0.487. The molecule has 0 aliphatic rings. The lowest BCUT2D eigenvalue weighted by Gasteiger charge is -2.08. The number of nitrogens with zero attached hydrogens (tertiary/aromatic N) is 4. The molecule has 0 saturated heterocycles. The highest BCUT2D eigenvalue weighted by molar-refractivity contribution is 5.67. The Labute approximate surface area is 93.5 Å². The van der Waals surface area contributed by atoms with Gasteiger partial charge in [0, 0.05) is 0 Å². The fourth-order valence-electron chi connectivity index (χ4n) is 1.48. The van der Waals surface area contributed by atoms with Crippen LogP contribution in [0.5, 0.6) is 5.75 Å². The van der Waals surface area contributed by atoms with E-state index in [4.69, 9.17) is 4.74 Å². The van der Waals surface area contributed by atoms with E-state index >= 15 is 0 Å². The third kappa shape index (κ3) is 1.84. The molecule has 82 valence electrons. The molecule has 1 aromatic heterocycles. The molecule has 0 radical (unpaired) electrons. The van der Waals surface area contributed by atoms with Crippen molar-refractivity contribution in [2.24, 2.45) is 0 Å². The van der Waals surface area contributed by atoms with Crippen LogP contribution in [0.2, 0.25) is 0 Å². The number of ether oxygens (including phenoxy) is 1. The lowest BCUT2D eigenvalue weighted by Crippen LogP contribution is -2.01. The zero-order valence-corrected chi connectivity index (χ0v) is 9.43. The van der Waals surface area contributed by atoms with Gasteiger partial charge in [-0.25, -0.2) is 0 Å². The van der Waals surface area contributed by atoms with Gasteiger partial charge in [-0.2, -0.15) is 0 Å². The summed E-state index contributed by atoms with van der Waals surface area (Å²) in [4.78, 5) is 0. The van der Waals surface area contributed by atoms with Gasteiger partial charge in [0.05, 0.1) is 12.7 Å². The summed E-state index contributed by atoms with van der Waals surface area (Å²) in [6.45, 7) is 3.72. The second-order valence-electron chi connectivity index (χ2n) is 3.42. The van der Waals surface area contributed by atoms with Crippen molar-refractivity contribution in [2.45, 2.75) is 13.8 Å². The van der Waals surface area contributed by atoms with Crippen LogP contribution in [0.15, 0.2) is 18.2 Å². The maximum absolute atomic E-state index is 5.28. The number of aryl methyl sites for hydroxylation is 2. The van der Waals surface area contributed by atoms with Gasteiger partial charge in [0.2, 0.25) is 5.82 Å². The van der Waals surface area contributed by atoms with Crippen molar-refractivity contribution in [2.75, 3.05) is 7.11 Å². The molecule has 0 saturated carbocycles. The Morgan fingerprint density at radius 2 is 1.69 bits per heavy atom. The molecule has 1 heterocycles. The summed E-state index contributed by atoms with van der Waals surface area (Å²) in [6, 6.07) is 5.76. The highest BCUT2D eigenvalue weighted by atomic mass is 16.5. The van der Waals surface area contributed by atoms with Crippen LogP contribution >= 0.6 is 0 Å². The van der Waals surface area contributed by atoms with Gasteiger partial charge in [0.25, 0.3) is 0 Å². The Morgan fingerprint density at radius 1 is 1.00 bits per heavy atom. The summed E-state index contributed by atoms with van der Waals surface area (Å²) >= 11 is 0. The molecule has 0 aliphatic carbocycles. The number of aromatic nitrogens is 4. The number of rotatable bonds is 2. The van der Waals surface area contributed by atoms with Crippen molar-refractivity contribution in [3.05, 3.63) is 29.6 Å². The molecule has 0 aliphatic heterocycles. The van der Waals surface area contributed by atoms with Gasteiger partial charge in [-0.15, -0.1) is 20.4 Å². The molecule has 0 atom stereocenters. The van der Waals surface area contributed by atoms with Crippen LogP contribution in [0, 0.1) is 13.8 Å². The Hall–Kier alpha value is -2.04. The maximum atomic E-state index is 5.28. The second-order valence-corrected chi connectivity index (χ2v) is 3.42. The number of hydrogen-bond donors (Lipinski definition) is 0. The molecule has 2 aromatic rings. The van der Waals surface area contributed by atoms with Crippen molar-refractivity contribution in [1.82, 2.24) is 20.4 Å². The van der Waals surface area contributed by atoms with E-state index in [1.54, 1.807) is 14.0 Å². The Kier molecular flexibility index (Phi) is 2.76. The molecular weight excluding hydrogens is 204 g/mol. The molecule has 16 heavy (non-hydrogen) atoms. The molecular formula is C11H12N4O. The predicted octanol–water partition coefficient (Wildman–Crippen LogP) is 1.56. The summed E-state index contributed by atoms with van der Waals surface area (Å²) in [7, 11) is 1.62. The maximum Gasteiger partial charge on any atom is 0.207 e. The first-order valence-corrected chi connectivity index (χ1v) is 4.90. The van der Waals surface area contributed by atoms with Crippen LogP contribution < -0.4 is 4.74 Å². The minimum atomic E-state index is 0.487. The fourth-order valence-corrected chi connectivity index (χ4v) is 1.48. The van der Waals surface area contributed by atoms with Crippen molar-refractivity contribution >= 4 is 0 Å². The highest BCUT2D eigenvalue weighted by Gasteiger charge is 2.12. The number of benzene rings is 1. The Morgan fingerprint density at radius 3 is 2.31 bits per heavy atom. The predicted molar refractivity (Wildman–Crippen MR) is 59.1 cm³/mol. The largest absolute Gasteiger partial charge is 0.496 e. The molecule has 0 fully saturated rings. The molecule has 0 bridgehead atoms. The fraction of sp³-hybridized carbons (Fsp3) is 0.273. The van der Waals surface area contributed by atoms with Gasteiger partial charge in [-0.05, 0) is 25.5 Å². The zero-order valence-electron chi connectivity index (χ0n) is 9.43. The van der Waals surface area contributed by atoms with E-state index in [9.17, 15) is 0 Å². The monoisotopic (exact) mass is 216 g/mol. The topological polar surface area (TPSA) is 60.8 Å². The van der Waals surface area contributed by atoms with Gasteiger partial charge < -0.3 is 4.74 Å². The average Bonchev–Trinajstić information content (AvgIpc) is 2.30. The van der Waals surface area contributed by atoms with E-state index in [0.717, 1.165) is 16.9 Å². The Balaban J connectivity index is 2.58. The lowest BCUT2D eigenvalue weighted by atomic mass is 10.1. The summed E-state index contributed by atoms with van der Waals surface area (Å²) in [5.74, 6) is 1.77. The molecule has 0 N–H and O–H groups in total. The quantitative estimate of drug-likeness (QED) is 0.762. The van der Waals surface area contributed by atoms with Gasteiger partial charge in [-0.3, -0.25) is 0 Å². The molecule has 0 amide bonds. The van der Waals surface area contributed by atoms with E-state index in [2.05, 4.69) is 20.4 Å². The molecule has 2 rings (SSSR count). The molecule has 1 aromatic carbocycles. The Bertz CT molecular complexity index is 496. The van der Waals surface area contributed by atoms with Crippen LogP contribution in [-0.4, -0.2) is 27.5 Å². The summed E-state index contributed by atoms with van der Waals surface area (Å²) in [5, 5.41) is 15.8. The van der Waals surface area contributed by atoms with Crippen molar-refractivity contribution in [3.8, 4) is 17.1 Å². The van der Waals surface area contributed by atoms with Gasteiger partial charge in [0.1, 0.15) is 5.75 Å². The molecule has 0 unspecified atom stereocenters. The first kappa shape index (κ1) is 10.5. The first-order chi connectivity index (χ1) is 7.72. The van der Waals surface area contributed by atoms with Crippen molar-refractivity contribution in [3.63, 3.8) is 0 Å². The highest BCUT2D eigenvalue weighted by Crippen LogP contribution is 2.29. The average molecular weight is 216 g/mol. The van der Waals surface area contributed by atoms with Crippen LogP contribution in [0.3, 0.4) is 0 Å². The smallest absolute Gasteiger partial charge is 0.207 e. The van der Waals surface area contributed by atoms with Crippen LogP contribution in [0.25, 0.3) is 11.4 Å². The second kappa shape index (κ2) is 4.22.